The number of fused-ring (bicyclic) bond motifs is 1. The van der Waals surface area contributed by atoms with E-state index in [1.54, 1.807) is 41.1 Å². The monoisotopic (exact) mass is 574 g/mol. The number of ketones is 1. The van der Waals surface area contributed by atoms with Gasteiger partial charge in [-0.05, 0) is 48.6 Å². The number of amides is 1. The van der Waals surface area contributed by atoms with Crippen LogP contribution < -0.4 is 15.0 Å². The molecule has 3 rings (SSSR count). The molecule has 0 aliphatic carbocycles. The van der Waals surface area contributed by atoms with Gasteiger partial charge in [0.25, 0.3) is 5.91 Å². The Kier molecular flexibility index (Phi) is 10.6. The van der Waals surface area contributed by atoms with E-state index >= 15 is 0 Å². The zero-order valence-corrected chi connectivity index (χ0v) is 24.7. The van der Waals surface area contributed by atoms with Crippen molar-refractivity contribution in [1.82, 2.24) is 10.2 Å². The quantitative estimate of drug-likeness (QED) is 0.292. The first-order valence-electron chi connectivity index (χ1n) is 13.0. The molecule has 0 radical (unpaired) electrons. The van der Waals surface area contributed by atoms with Crippen LogP contribution in [-0.4, -0.2) is 72.4 Å². The summed E-state index contributed by atoms with van der Waals surface area (Å²) >= 11 is 0. The van der Waals surface area contributed by atoms with E-state index in [0.29, 0.717) is 59.8 Å². The van der Waals surface area contributed by atoms with Gasteiger partial charge in [0, 0.05) is 50.3 Å². The van der Waals surface area contributed by atoms with Crippen molar-refractivity contribution in [3.63, 3.8) is 0 Å². The SMILES string of the molecule is CCOc1cc2c(cc1C(=O)NC)C(=N)N(CC(=O)c1cc(N(C)CCCC(=O)O)c(O)c(C(C)(C)C)c1)C2.Cl. The van der Waals surface area contributed by atoms with Crippen LogP contribution in [0.15, 0.2) is 24.3 Å². The zero-order chi connectivity index (χ0) is 29.1. The first-order chi connectivity index (χ1) is 18.3. The molecule has 2 aromatic rings. The molecule has 0 atom stereocenters. The molecule has 1 aliphatic rings. The standard InChI is InChI=1S/C29H38N4O6.ClH/c1-7-39-24-13-18-15-33(27(30)19(18)14-20(24)28(38)31-5)16-23(34)17-11-21(29(2,3)4)26(37)22(12-17)32(6)10-8-9-25(35)36;/h11-14,30,37H,7-10,15-16H2,1-6H3,(H,31,38)(H,35,36);1H. The molecule has 0 unspecified atom stereocenters. The number of rotatable bonds is 11. The maximum atomic E-state index is 13.6. The van der Waals surface area contributed by atoms with Gasteiger partial charge >= 0.3 is 5.97 Å². The third-order valence-corrected chi connectivity index (χ3v) is 6.76. The van der Waals surface area contributed by atoms with Crippen LogP contribution in [0.25, 0.3) is 0 Å². The van der Waals surface area contributed by atoms with Gasteiger partial charge in [-0.1, -0.05) is 20.8 Å². The van der Waals surface area contributed by atoms with Crippen LogP contribution in [0, 0.1) is 5.41 Å². The number of anilines is 1. The number of hydrogen-bond donors (Lipinski definition) is 4. The lowest BCUT2D eigenvalue weighted by atomic mass is 9.84. The smallest absolute Gasteiger partial charge is 0.303 e. The average molecular weight is 575 g/mol. The van der Waals surface area contributed by atoms with Crippen molar-refractivity contribution in [2.75, 3.05) is 38.7 Å². The van der Waals surface area contributed by atoms with E-state index in [1.165, 1.54) is 7.05 Å². The summed E-state index contributed by atoms with van der Waals surface area (Å²) in [6.07, 6.45) is 0.388. The van der Waals surface area contributed by atoms with Gasteiger partial charge in [0.15, 0.2) is 5.78 Å². The molecule has 1 aliphatic heterocycles. The number of ether oxygens (including phenoxy) is 1. The number of phenols is 1. The maximum Gasteiger partial charge on any atom is 0.303 e. The number of carbonyl (C=O) groups is 3. The van der Waals surface area contributed by atoms with E-state index in [0.717, 1.165) is 5.56 Å². The van der Waals surface area contributed by atoms with Gasteiger partial charge in [0.05, 0.1) is 24.4 Å². The summed E-state index contributed by atoms with van der Waals surface area (Å²) < 4.78 is 5.66. The molecule has 0 saturated carbocycles. The minimum absolute atomic E-state index is 0. The molecular formula is C29H39ClN4O6. The van der Waals surface area contributed by atoms with Crippen LogP contribution in [0.2, 0.25) is 0 Å². The predicted octanol–water partition coefficient (Wildman–Crippen LogP) is 4.19. The highest BCUT2D eigenvalue weighted by Gasteiger charge is 2.30. The van der Waals surface area contributed by atoms with Gasteiger partial charge in [-0.25, -0.2) is 0 Å². The molecule has 0 bridgehead atoms. The van der Waals surface area contributed by atoms with Gasteiger partial charge in [-0.3, -0.25) is 19.8 Å². The van der Waals surface area contributed by atoms with E-state index in [9.17, 15) is 19.5 Å². The van der Waals surface area contributed by atoms with E-state index in [-0.39, 0.29) is 48.6 Å². The lowest BCUT2D eigenvalue weighted by Gasteiger charge is -2.27. The Hall–Kier alpha value is -3.79. The van der Waals surface area contributed by atoms with Gasteiger partial charge in [0.2, 0.25) is 0 Å². The Balaban J connectivity index is 0.00000560. The first-order valence-corrected chi connectivity index (χ1v) is 13.0. The number of carbonyl (C=O) groups excluding carboxylic acids is 2. The predicted molar refractivity (Wildman–Crippen MR) is 157 cm³/mol. The third kappa shape index (κ3) is 7.04. The molecule has 4 N–H and O–H groups in total. The summed E-state index contributed by atoms with van der Waals surface area (Å²) in [5, 5.41) is 31.3. The van der Waals surface area contributed by atoms with Gasteiger partial charge in [0.1, 0.15) is 17.3 Å². The normalized spacial score (nSPS) is 12.4. The minimum Gasteiger partial charge on any atom is -0.505 e. The highest BCUT2D eigenvalue weighted by atomic mass is 35.5. The second-order valence-electron chi connectivity index (χ2n) is 10.7. The number of phenolic OH excluding ortho intramolecular Hbond substituents is 1. The molecule has 0 spiro atoms. The summed E-state index contributed by atoms with van der Waals surface area (Å²) in [6, 6.07) is 6.70. The Morgan fingerprint density at radius 3 is 2.42 bits per heavy atom. The van der Waals surface area contributed by atoms with Crippen molar-refractivity contribution in [2.45, 2.75) is 52.5 Å². The number of Topliss-reactive ketones (excluding diaryl/α,β-unsaturated/α-hetero) is 1. The van der Waals surface area contributed by atoms with Crippen molar-refractivity contribution >= 4 is 41.6 Å². The Morgan fingerprint density at radius 2 is 1.85 bits per heavy atom. The van der Waals surface area contributed by atoms with Gasteiger partial charge in [-0.2, -0.15) is 0 Å². The number of aromatic hydroxyl groups is 1. The molecule has 218 valence electrons. The van der Waals surface area contributed by atoms with Crippen LogP contribution in [0.5, 0.6) is 11.5 Å². The number of nitrogens with one attached hydrogen (secondary N) is 2. The summed E-state index contributed by atoms with van der Waals surface area (Å²) in [5.41, 5.74) is 2.69. The number of nitrogens with zero attached hydrogens (tertiary/aromatic N) is 2. The molecular weight excluding hydrogens is 536 g/mol. The fourth-order valence-electron chi connectivity index (χ4n) is 4.65. The van der Waals surface area contributed by atoms with E-state index < -0.39 is 11.4 Å². The Morgan fingerprint density at radius 1 is 1.18 bits per heavy atom. The van der Waals surface area contributed by atoms with E-state index in [1.807, 2.05) is 27.7 Å². The summed E-state index contributed by atoms with van der Waals surface area (Å²) in [7, 11) is 3.29. The summed E-state index contributed by atoms with van der Waals surface area (Å²) in [5.74, 6) is -0.801. The molecule has 40 heavy (non-hydrogen) atoms. The second-order valence-corrected chi connectivity index (χ2v) is 10.7. The summed E-state index contributed by atoms with van der Waals surface area (Å²) in [4.78, 5) is 40.3. The maximum absolute atomic E-state index is 13.6. The number of benzene rings is 2. The fourth-order valence-corrected chi connectivity index (χ4v) is 4.65. The number of aliphatic carboxylic acids is 1. The summed E-state index contributed by atoms with van der Waals surface area (Å²) in [6.45, 7) is 8.68. The van der Waals surface area contributed by atoms with Crippen LogP contribution in [0.1, 0.15) is 77.9 Å². The molecule has 1 amide bonds. The number of carboxylic acids is 1. The highest BCUT2D eigenvalue weighted by Crippen LogP contribution is 2.39. The van der Waals surface area contributed by atoms with E-state index in [4.69, 9.17) is 15.3 Å². The van der Waals surface area contributed by atoms with Crippen molar-refractivity contribution in [3.05, 3.63) is 52.1 Å². The first kappa shape index (κ1) is 32.4. The van der Waals surface area contributed by atoms with Crippen molar-refractivity contribution < 1.29 is 29.3 Å². The van der Waals surface area contributed by atoms with Crippen LogP contribution >= 0.6 is 12.4 Å². The van der Waals surface area contributed by atoms with Crippen molar-refractivity contribution in [1.29, 1.82) is 5.41 Å². The molecule has 1 heterocycles. The van der Waals surface area contributed by atoms with Crippen molar-refractivity contribution in [2.24, 2.45) is 0 Å². The van der Waals surface area contributed by atoms with Crippen molar-refractivity contribution in [3.8, 4) is 11.5 Å². The number of carboxylic acid groups (broad SMARTS) is 1. The largest absolute Gasteiger partial charge is 0.505 e. The number of halogens is 1. The zero-order valence-electron chi connectivity index (χ0n) is 23.9. The van der Waals surface area contributed by atoms with Gasteiger partial charge in [-0.15, -0.1) is 12.4 Å². The molecule has 0 saturated heterocycles. The third-order valence-electron chi connectivity index (χ3n) is 6.76. The fraction of sp³-hybridized carbons (Fsp3) is 0.448. The van der Waals surface area contributed by atoms with Crippen LogP contribution in [-0.2, 0) is 16.8 Å². The Labute approximate surface area is 241 Å². The van der Waals surface area contributed by atoms with Crippen LogP contribution in [0.3, 0.4) is 0 Å². The minimum atomic E-state index is -0.892. The number of hydrogen-bond acceptors (Lipinski definition) is 7. The highest BCUT2D eigenvalue weighted by molar-refractivity contribution is 6.08. The lowest BCUT2D eigenvalue weighted by Crippen LogP contribution is -2.31. The van der Waals surface area contributed by atoms with E-state index in [2.05, 4.69) is 5.32 Å². The van der Waals surface area contributed by atoms with Crippen LogP contribution in [0.4, 0.5) is 5.69 Å². The number of amidine groups is 1. The lowest BCUT2D eigenvalue weighted by molar-refractivity contribution is -0.137. The molecule has 0 aromatic heterocycles. The molecule has 2 aromatic carbocycles. The second kappa shape index (κ2) is 13.0. The Bertz CT molecular complexity index is 1300. The average Bonchev–Trinajstić information content (AvgIpc) is 3.16. The molecule has 10 nitrogen and oxygen atoms in total. The topological polar surface area (TPSA) is 143 Å². The molecule has 11 heteroatoms. The molecule has 0 fully saturated rings. The van der Waals surface area contributed by atoms with Gasteiger partial charge < -0.3 is 30.1 Å².